The normalized spacial score (nSPS) is 17.2. The Kier molecular flexibility index (Phi) is 7.29. The monoisotopic (exact) mass is 346 g/mol. The highest BCUT2D eigenvalue weighted by atomic mass is 16.5. The van der Waals surface area contributed by atoms with Crippen molar-refractivity contribution < 1.29 is 14.3 Å². The molecule has 1 N–H and O–H groups in total. The molecule has 0 bridgehead atoms. The van der Waals surface area contributed by atoms with Crippen LogP contribution in [0.1, 0.15) is 50.2 Å². The van der Waals surface area contributed by atoms with Gasteiger partial charge < -0.3 is 15.0 Å². The van der Waals surface area contributed by atoms with Gasteiger partial charge in [0.25, 0.3) is 0 Å². The van der Waals surface area contributed by atoms with Crippen LogP contribution in [0.25, 0.3) is 0 Å². The van der Waals surface area contributed by atoms with Crippen LogP contribution in [-0.2, 0) is 9.59 Å². The van der Waals surface area contributed by atoms with E-state index in [0.29, 0.717) is 19.6 Å². The number of aryl methyl sites for hydroxylation is 2. The predicted octanol–water partition coefficient (Wildman–Crippen LogP) is 2.98. The molecule has 0 saturated carbocycles. The van der Waals surface area contributed by atoms with Gasteiger partial charge in [-0.05, 0) is 56.7 Å². The molecule has 1 atom stereocenters. The average molecular weight is 346 g/mol. The van der Waals surface area contributed by atoms with Gasteiger partial charge in [0.15, 0.2) is 0 Å². The number of amides is 2. The zero-order valence-corrected chi connectivity index (χ0v) is 15.6. The number of rotatable bonds is 7. The number of carbonyl (C=O) groups excluding carboxylic acids is 2. The molecule has 2 amide bonds. The molecule has 1 fully saturated rings. The number of hydrogen-bond acceptors (Lipinski definition) is 3. The van der Waals surface area contributed by atoms with Crippen molar-refractivity contribution in [2.24, 2.45) is 0 Å². The van der Waals surface area contributed by atoms with Crippen molar-refractivity contribution in [2.45, 2.75) is 58.9 Å². The number of nitrogens with zero attached hydrogens (tertiary/aromatic N) is 1. The lowest BCUT2D eigenvalue weighted by molar-refractivity contribution is -0.133. The molecular formula is C20H30N2O3. The van der Waals surface area contributed by atoms with Crippen LogP contribution in [0.5, 0.6) is 5.75 Å². The number of nitrogens with one attached hydrogen (secondary N) is 1. The molecule has 0 spiro atoms. The fraction of sp³-hybridized carbons (Fsp3) is 0.600. The highest BCUT2D eigenvalue weighted by Crippen LogP contribution is 2.19. The number of likely N-dealkylation sites (tertiary alicyclic amines) is 1. The molecule has 1 aromatic carbocycles. The zero-order valence-electron chi connectivity index (χ0n) is 15.6. The Morgan fingerprint density at radius 3 is 2.84 bits per heavy atom. The summed E-state index contributed by atoms with van der Waals surface area (Å²) < 4.78 is 5.83. The van der Waals surface area contributed by atoms with Crippen LogP contribution in [-0.4, -0.2) is 42.5 Å². The Balaban J connectivity index is 1.66. The van der Waals surface area contributed by atoms with E-state index in [1.54, 1.807) is 0 Å². The summed E-state index contributed by atoms with van der Waals surface area (Å²) in [6.45, 7) is 7.69. The first-order valence-electron chi connectivity index (χ1n) is 9.20. The quantitative estimate of drug-likeness (QED) is 0.772. The minimum atomic E-state index is -0.0251. The van der Waals surface area contributed by atoms with E-state index < -0.39 is 0 Å². The van der Waals surface area contributed by atoms with Crippen LogP contribution in [0.15, 0.2) is 18.2 Å². The second-order valence-electron chi connectivity index (χ2n) is 6.95. The summed E-state index contributed by atoms with van der Waals surface area (Å²) in [4.78, 5) is 25.4. The maximum atomic E-state index is 12.3. The predicted molar refractivity (Wildman–Crippen MR) is 98.7 cm³/mol. The summed E-state index contributed by atoms with van der Waals surface area (Å²) in [6, 6.07) is 6.29. The summed E-state index contributed by atoms with van der Waals surface area (Å²) in [7, 11) is 0. The fourth-order valence-corrected chi connectivity index (χ4v) is 3.19. The SMILES string of the molecule is CC(=O)N[C@@H]1CCCN(C(=O)CCCCOc2cc(C)ccc2C)C1. The fourth-order valence-electron chi connectivity index (χ4n) is 3.19. The Labute approximate surface area is 150 Å². The van der Waals surface area contributed by atoms with Gasteiger partial charge in [-0.2, -0.15) is 0 Å². The molecule has 138 valence electrons. The number of carbonyl (C=O) groups is 2. The summed E-state index contributed by atoms with van der Waals surface area (Å²) in [5.74, 6) is 1.09. The number of ether oxygens (including phenoxy) is 1. The molecule has 1 saturated heterocycles. The second-order valence-corrected chi connectivity index (χ2v) is 6.95. The third kappa shape index (κ3) is 6.40. The third-order valence-corrected chi connectivity index (χ3v) is 4.57. The van der Waals surface area contributed by atoms with E-state index in [1.807, 2.05) is 11.8 Å². The highest BCUT2D eigenvalue weighted by Gasteiger charge is 2.23. The van der Waals surface area contributed by atoms with Gasteiger partial charge in [0, 0.05) is 32.5 Å². The van der Waals surface area contributed by atoms with Gasteiger partial charge in [0.1, 0.15) is 5.75 Å². The Morgan fingerprint density at radius 2 is 2.08 bits per heavy atom. The molecule has 1 aliphatic rings. The lowest BCUT2D eigenvalue weighted by Crippen LogP contribution is -2.49. The van der Waals surface area contributed by atoms with Crippen molar-refractivity contribution in [1.29, 1.82) is 0 Å². The van der Waals surface area contributed by atoms with E-state index in [4.69, 9.17) is 4.74 Å². The number of unbranched alkanes of at least 4 members (excludes halogenated alkanes) is 1. The van der Waals surface area contributed by atoms with Crippen LogP contribution in [0.2, 0.25) is 0 Å². The third-order valence-electron chi connectivity index (χ3n) is 4.57. The van der Waals surface area contributed by atoms with E-state index in [2.05, 4.69) is 30.4 Å². The van der Waals surface area contributed by atoms with Crippen LogP contribution in [0.4, 0.5) is 0 Å². The van der Waals surface area contributed by atoms with Crippen molar-refractivity contribution in [2.75, 3.05) is 19.7 Å². The maximum absolute atomic E-state index is 12.3. The largest absolute Gasteiger partial charge is 0.493 e. The zero-order chi connectivity index (χ0) is 18.2. The molecular weight excluding hydrogens is 316 g/mol. The molecule has 0 aliphatic carbocycles. The van der Waals surface area contributed by atoms with Crippen molar-refractivity contribution in [3.8, 4) is 5.75 Å². The van der Waals surface area contributed by atoms with Crippen molar-refractivity contribution in [1.82, 2.24) is 10.2 Å². The summed E-state index contributed by atoms with van der Waals surface area (Å²) in [5.41, 5.74) is 2.33. The molecule has 2 rings (SSSR count). The highest BCUT2D eigenvalue weighted by molar-refractivity contribution is 5.76. The van der Waals surface area contributed by atoms with Crippen molar-refractivity contribution in [3.63, 3.8) is 0 Å². The number of piperidine rings is 1. The maximum Gasteiger partial charge on any atom is 0.222 e. The Bertz CT molecular complexity index is 601. The molecule has 5 nitrogen and oxygen atoms in total. The van der Waals surface area contributed by atoms with E-state index in [-0.39, 0.29) is 17.9 Å². The molecule has 25 heavy (non-hydrogen) atoms. The second kappa shape index (κ2) is 9.44. The van der Waals surface area contributed by atoms with E-state index in [0.717, 1.165) is 43.5 Å². The van der Waals surface area contributed by atoms with Gasteiger partial charge in [-0.25, -0.2) is 0 Å². The van der Waals surface area contributed by atoms with Gasteiger partial charge in [-0.3, -0.25) is 9.59 Å². The first-order chi connectivity index (χ1) is 12.0. The lowest BCUT2D eigenvalue weighted by Gasteiger charge is -2.33. The summed E-state index contributed by atoms with van der Waals surface area (Å²) in [6.07, 6.45) is 4.13. The first kappa shape index (κ1) is 19.3. The lowest BCUT2D eigenvalue weighted by atomic mass is 10.0. The van der Waals surface area contributed by atoms with Gasteiger partial charge in [-0.1, -0.05) is 12.1 Å². The van der Waals surface area contributed by atoms with E-state index >= 15 is 0 Å². The molecule has 0 aromatic heterocycles. The van der Waals surface area contributed by atoms with E-state index in [1.165, 1.54) is 12.5 Å². The van der Waals surface area contributed by atoms with Crippen molar-refractivity contribution >= 4 is 11.8 Å². The topological polar surface area (TPSA) is 58.6 Å². The standard InChI is InChI=1S/C20H30N2O3/c1-15-9-10-16(2)19(13-15)25-12-5-4-8-20(24)22-11-6-7-18(14-22)21-17(3)23/h9-10,13,18H,4-8,11-12,14H2,1-3H3,(H,21,23)/t18-/m1/s1. The van der Waals surface area contributed by atoms with E-state index in [9.17, 15) is 9.59 Å². The number of benzene rings is 1. The average Bonchev–Trinajstić information content (AvgIpc) is 2.57. The molecule has 1 aliphatic heterocycles. The Hall–Kier alpha value is -2.04. The summed E-state index contributed by atoms with van der Waals surface area (Å²) >= 11 is 0. The van der Waals surface area contributed by atoms with Crippen LogP contribution >= 0.6 is 0 Å². The van der Waals surface area contributed by atoms with Crippen molar-refractivity contribution in [3.05, 3.63) is 29.3 Å². The Morgan fingerprint density at radius 1 is 1.28 bits per heavy atom. The number of hydrogen-bond donors (Lipinski definition) is 1. The van der Waals surface area contributed by atoms with Crippen LogP contribution in [0.3, 0.4) is 0 Å². The van der Waals surface area contributed by atoms with Crippen LogP contribution < -0.4 is 10.1 Å². The smallest absolute Gasteiger partial charge is 0.222 e. The van der Waals surface area contributed by atoms with Gasteiger partial charge in [0.2, 0.25) is 11.8 Å². The van der Waals surface area contributed by atoms with Gasteiger partial charge >= 0.3 is 0 Å². The first-order valence-corrected chi connectivity index (χ1v) is 9.20. The minimum Gasteiger partial charge on any atom is -0.493 e. The van der Waals surface area contributed by atoms with Crippen LogP contribution in [0, 0.1) is 13.8 Å². The van der Waals surface area contributed by atoms with Gasteiger partial charge in [-0.15, -0.1) is 0 Å². The minimum absolute atomic E-state index is 0.0251. The van der Waals surface area contributed by atoms with Gasteiger partial charge in [0.05, 0.1) is 6.61 Å². The molecule has 0 radical (unpaired) electrons. The molecule has 5 heteroatoms. The molecule has 0 unspecified atom stereocenters. The molecule has 1 aromatic rings. The molecule has 1 heterocycles. The summed E-state index contributed by atoms with van der Waals surface area (Å²) in [5, 5.41) is 2.92.